The maximum Gasteiger partial charge on any atom is 0.267 e. The Morgan fingerprint density at radius 1 is 1.15 bits per heavy atom. The molecule has 1 aromatic rings. The fourth-order valence-electron chi connectivity index (χ4n) is 3.63. The number of nitrogens with one attached hydrogen (secondary N) is 1. The zero-order valence-corrected chi connectivity index (χ0v) is 15.4. The van der Waals surface area contributed by atoms with Crippen LogP contribution in [0.25, 0.3) is 0 Å². The molecule has 1 aliphatic heterocycles. The Morgan fingerprint density at radius 2 is 1.85 bits per heavy atom. The Balaban J connectivity index is 1.91. The van der Waals surface area contributed by atoms with Crippen molar-refractivity contribution in [2.75, 3.05) is 6.61 Å². The highest BCUT2D eigenvalue weighted by Gasteiger charge is 2.64. The summed E-state index contributed by atoms with van der Waals surface area (Å²) in [6, 6.07) is 6.17. The van der Waals surface area contributed by atoms with Crippen molar-refractivity contribution >= 4 is 21.8 Å². The third kappa shape index (κ3) is 3.56. The van der Waals surface area contributed by atoms with Crippen LogP contribution in [-0.4, -0.2) is 26.8 Å². The van der Waals surface area contributed by atoms with Crippen LogP contribution in [0, 0.1) is 11.3 Å². The molecule has 3 rings (SSSR count). The maximum absolute atomic E-state index is 12.7. The molecule has 7 nitrogen and oxygen atoms in total. The molecule has 0 unspecified atom stereocenters. The Kier molecular flexibility index (Phi) is 5.22. The molecule has 2 atom stereocenters. The Morgan fingerprint density at radius 3 is 2.62 bits per heavy atom. The average molecular weight is 380 g/mol. The minimum atomic E-state index is -4.16. The van der Waals surface area contributed by atoms with Gasteiger partial charge in [-0.05, 0) is 37.3 Å². The fourth-order valence-corrected chi connectivity index (χ4v) is 4.82. The first-order valence-electron chi connectivity index (χ1n) is 8.97. The van der Waals surface area contributed by atoms with Crippen LogP contribution in [-0.2, 0) is 19.6 Å². The lowest BCUT2D eigenvalue weighted by atomic mass is 9.98. The first-order valence-corrected chi connectivity index (χ1v) is 10.5. The molecular weight excluding hydrogens is 356 g/mol. The Labute approximate surface area is 153 Å². The summed E-state index contributed by atoms with van der Waals surface area (Å²) in [5, 5.41) is 0. The van der Waals surface area contributed by atoms with E-state index in [0.29, 0.717) is 19.4 Å². The molecule has 8 heteroatoms. The van der Waals surface area contributed by atoms with Gasteiger partial charge in [0.25, 0.3) is 10.0 Å². The van der Waals surface area contributed by atoms with Gasteiger partial charge < -0.3 is 10.5 Å². The number of fused-ring (bicyclic) bond motifs is 2. The van der Waals surface area contributed by atoms with Crippen LogP contribution in [0.2, 0.25) is 0 Å². The smallest absolute Gasteiger partial charge is 0.267 e. The molecule has 142 valence electrons. The van der Waals surface area contributed by atoms with E-state index < -0.39 is 27.3 Å². The second-order valence-electron chi connectivity index (χ2n) is 7.02. The minimum absolute atomic E-state index is 0.111. The van der Waals surface area contributed by atoms with Gasteiger partial charge in [-0.25, -0.2) is 13.1 Å². The van der Waals surface area contributed by atoms with E-state index in [-0.39, 0.29) is 16.6 Å². The number of benzene rings is 1. The van der Waals surface area contributed by atoms with E-state index in [0.717, 1.165) is 32.1 Å². The number of hydrogen-bond acceptors (Lipinski definition) is 5. The number of nitrogens with two attached hydrogens (primary N) is 1. The number of primary amides is 1. The summed E-state index contributed by atoms with van der Waals surface area (Å²) in [6.07, 6.45) is 5.74. The van der Waals surface area contributed by atoms with Crippen LogP contribution in [0.3, 0.4) is 0 Å². The molecule has 1 aliphatic carbocycles. The fraction of sp³-hybridized carbons (Fsp3) is 0.556. The first-order chi connectivity index (χ1) is 12.4. The van der Waals surface area contributed by atoms with Crippen molar-refractivity contribution < 1.29 is 22.7 Å². The van der Waals surface area contributed by atoms with Gasteiger partial charge in [0.2, 0.25) is 11.8 Å². The molecule has 1 fully saturated rings. The minimum Gasteiger partial charge on any atom is -0.492 e. The summed E-state index contributed by atoms with van der Waals surface area (Å²) in [6.45, 7) is 0.411. The molecule has 0 saturated heterocycles. The van der Waals surface area contributed by atoms with Gasteiger partial charge in [-0.2, -0.15) is 0 Å². The van der Waals surface area contributed by atoms with Gasteiger partial charge in [-0.1, -0.05) is 37.8 Å². The first kappa shape index (κ1) is 18.7. The molecule has 1 saturated carbocycles. The number of para-hydroxylation sites is 1. The van der Waals surface area contributed by atoms with Crippen molar-refractivity contribution in [2.45, 2.75) is 49.8 Å². The van der Waals surface area contributed by atoms with E-state index in [9.17, 15) is 18.0 Å². The van der Waals surface area contributed by atoms with Crippen molar-refractivity contribution in [1.29, 1.82) is 0 Å². The number of hydrogen-bond donors (Lipinski definition) is 2. The van der Waals surface area contributed by atoms with Gasteiger partial charge in [0.1, 0.15) is 16.1 Å². The lowest BCUT2D eigenvalue weighted by molar-refractivity contribution is -0.135. The van der Waals surface area contributed by atoms with Gasteiger partial charge in [-0.15, -0.1) is 0 Å². The number of amides is 2. The predicted octanol–water partition coefficient (Wildman–Crippen LogP) is 1.72. The molecule has 3 N–H and O–H groups in total. The van der Waals surface area contributed by atoms with Gasteiger partial charge in [0.15, 0.2) is 0 Å². The number of rotatable bonds is 1. The van der Waals surface area contributed by atoms with Crippen LogP contribution in [0.4, 0.5) is 0 Å². The molecule has 0 spiro atoms. The lowest BCUT2D eigenvalue weighted by Crippen LogP contribution is -2.44. The molecule has 1 aromatic carbocycles. The number of carbonyl (C=O) groups excluding carboxylic acids is 2. The zero-order valence-electron chi connectivity index (χ0n) is 14.6. The van der Waals surface area contributed by atoms with Crippen LogP contribution in [0.1, 0.15) is 44.9 Å². The Bertz CT molecular complexity index is 808. The molecule has 2 amide bonds. The maximum atomic E-state index is 12.7. The van der Waals surface area contributed by atoms with Crippen molar-refractivity contribution in [2.24, 2.45) is 17.1 Å². The van der Waals surface area contributed by atoms with Crippen molar-refractivity contribution in [3.05, 3.63) is 24.3 Å². The molecule has 26 heavy (non-hydrogen) atoms. The largest absolute Gasteiger partial charge is 0.492 e. The van der Waals surface area contributed by atoms with E-state index in [1.54, 1.807) is 18.2 Å². The van der Waals surface area contributed by atoms with Crippen molar-refractivity contribution in [1.82, 2.24) is 4.72 Å². The van der Waals surface area contributed by atoms with Gasteiger partial charge >= 0.3 is 0 Å². The summed E-state index contributed by atoms with van der Waals surface area (Å²) >= 11 is 0. The van der Waals surface area contributed by atoms with Crippen LogP contribution in [0.15, 0.2) is 29.2 Å². The highest BCUT2D eigenvalue weighted by Crippen LogP contribution is 2.55. The molecule has 2 aliphatic rings. The predicted molar refractivity (Wildman–Crippen MR) is 94.7 cm³/mol. The van der Waals surface area contributed by atoms with Crippen LogP contribution in [0.5, 0.6) is 5.75 Å². The highest BCUT2D eigenvalue weighted by atomic mass is 32.2. The normalized spacial score (nSPS) is 28.9. The van der Waals surface area contributed by atoms with E-state index in [1.165, 1.54) is 6.07 Å². The quantitative estimate of drug-likeness (QED) is 0.720. The summed E-state index contributed by atoms with van der Waals surface area (Å²) < 4.78 is 33.1. The summed E-state index contributed by atoms with van der Waals surface area (Å²) in [7, 11) is -4.16. The lowest BCUT2D eigenvalue weighted by Gasteiger charge is -2.16. The van der Waals surface area contributed by atoms with E-state index in [2.05, 4.69) is 0 Å². The SMILES string of the molecule is NC(=O)[C@@]12C[C@H]1CCCCCCCOc1ccccc1S(=O)(=O)NC2=O. The number of ether oxygens (including phenoxy) is 1. The number of sulfonamides is 1. The van der Waals surface area contributed by atoms with Gasteiger partial charge in [0, 0.05) is 0 Å². The topological polar surface area (TPSA) is 116 Å². The van der Waals surface area contributed by atoms with Crippen molar-refractivity contribution in [3.8, 4) is 5.75 Å². The highest BCUT2D eigenvalue weighted by molar-refractivity contribution is 7.90. The van der Waals surface area contributed by atoms with Gasteiger partial charge in [-0.3, -0.25) is 9.59 Å². The van der Waals surface area contributed by atoms with E-state index >= 15 is 0 Å². The van der Waals surface area contributed by atoms with Crippen LogP contribution >= 0.6 is 0 Å². The molecule has 0 bridgehead atoms. The van der Waals surface area contributed by atoms with Gasteiger partial charge in [0.05, 0.1) is 6.61 Å². The molecule has 0 aromatic heterocycles. The second-order valence-corrected chi connectivity index (χ2v) is 8.67. The third-order valence-corrected chi connectivity index (χ3v) is 6.64. The van der Waals surface area contributed by atoms with E-state index in [4.69, 9.17) is 10.5 Å². The molecular formula is C18H24N2O5S. The van der Waals surface area contributed by atoms with Crippen molar-refractivity contribution in [3.63, 3.8) is 0 Å². The zero-order chi connectivity index (χ0) is 18.8. The average Bonchev–Trinajstić information content (AvgIpc) is 3.32. The van der Waals surface area contributed by atoms with Crippen LogP contribution < -0.4 is 15.2 Å². The number of carbonyl (C=O) groups is 2. The third-order valence-electron chi connectivity index (χ3n) is 5.27. The standard InChI is InChI=1S/C18H24N2O5S/c19-16(21)18-12-13(18)8-4-2-1-3-7-11-25-14-9-5-6-10-15(14)26(23,24)20-17(18)22/h5-6,9-10,13H,1-4,7-8,11-12H2,(H2,19,21)(H,20,22)/t13-,18-/m1/s1. The molecule has 0 radical (unpaired) electrons. The Hall–Kier alpha value is -2.09. The monoisotopic (exact) mass is 380 g/mol. The summed E-state index contributed by atoms with van der Waals surface area (Å²) in [5.41, 5.74) is 4.05. The second kappa shape index (κ2) is 7.26. The summed E-state index contributed by atoms with van der Waals surface area (Å²) in [4.78, 5) is 24.5. The molecule has 1 heterocycles. The van der Waals surface area contributed by atoms with E-state index in [1.807, 2.05) is 4.72 Å². The summed E-state index contributed by atoms with van der Waals surface area (Å²) in [5.74, 6) is -1.58.